The fourth-order valence-electron chi connectivity index (χ4n) is 1.85. The average Bonchev–Trinajstić information content (AvgIpc) is 2.75. The topological polar surface area (TPSA) is 56.2 Å². The van der Waals surface area contributed by atoms with Crippen molar-refractivity contribution in [2.45, 2.75) is 6.92 Å². The highest BCUT2D eigenvalue weighted by Crippen LogP contribution is 2.22. The van der Waals surface area contributed by atoms with Crippen LogP contribution in [0.5, 0.6) is 0 Å². The molecule has 0 fully saturated rings. The molecule has 3 aromatic rings. The molecule has 0 saturated heterocycles. The number of anilines is 1. The number of benzene rings is 1. The summed E-state index contributed by atoms with van der Waals surface area (Å²) < 4.78 is 1.82. The maximum Gasteiger partial charge on any atom is 0.184 e. The lowest BCUT2D eigenvalue weighted by atomic mass is 10.2. The summed E-state index contributed by atoms with van der Waals surface area (Å²) >= 11 is 0. The second-order valence-electron chi connectivity index (χ2n) is 3.96. The summed E-state index contributed by atoms with van der Waals surface area (Å²) in [6, 6.07) is 13.5. The molecule has 84 valence electrons. The van der Waals surface area contributed by atoms with Crippen LogP contribution in [0, 0.1) is 6.92 Å². The Balaban J connectivity index is 2.26. The van der Waals surface area contributed by atoms with Crippen LogP contribution in [0.4, 0.5) is 5.69 Å². The van der Waals surface area contributed by atoms with Crippen molar-refractivity contribution >= 4 is 11.3 Å². The van der Waals surface area contributed by atoms with E-state index in [4.69, 9.17) is 5.73 Å². The minimum atomic E-state index is 0.664. The molecule has 3 rings (SSSR count). The van der Waals surface area contributed by atoms with Crippen molar-refractivity contribution in [1.82, 2.24) is 14.6 Å². The van der Waals surface area contributed by atoms with Crippen LogP contribution in [0.2, 0.25) is 0 Å². The molecule has 0 spiro atoms. The molecule has 2 N–H and O–H groups in total. The number of hydrogen-bond acceptors (Lipinski definition) is 3. The number of aryl methyl sites for hydroxylation is 1. The van der Waals surface area contributed by atoms with E-state index in [1.807, 2.05) is 53.9 Å². The monoisotopic (exact) mass is 224 g/mol. The summed E-state index contributed by atoms with van der Waals surface area (Å²) in [5.41, 5.74) is 9.38. The van der Waals surface area contributed by atoms with E-state index in [-0.39, 0.29) is 0 Å². The SMILES string of the molecule is Cc1cccc2nc(-c3ccccc3N)nn12. The van der Waals surface area contributed by atoms with Crippen LogP contribution in [0.3, 0.4) is 0 Å². The van der Waals surface area contributed by atoms with E-state index in [1.54, 1.807) is 0 Å². The first-order valence-electron chi connectivity index (χ1n) is 5.43. The summed E-state index contributed by atoms with van der Waals surface area (Å²) in [6.45, 7) is 2.00. The molecule has 0 aliphatic heterocycles. The summed E-state index contributed by atoms with van der Waals surface area (Å²) in [4.78, 5) is 4.48. The van der Waals surface area contributed by atoms with Crippen molar-refractivity contribution in [1.29, 1.82) is 0 Å². The molecule has 1 aromatic carbocycles. The Morgan fingerprint density at radius 2 is 1.88 bits per heavy atom. The molecule has 0 unspecified atom stereocenters. The van der Waals surface area contributed by atoms with Gasteiger partial charge in [-0.15, -0.1) is 5.10 Å². The first-order valence-corrected chi connectivity index (χ1v) is 5.43. The predicted molar refractivity (Wildman–Crippen MR) is 67.6 cm³/mol. The number of nitrogens with zero attached hydrogens (tertiary/aromatic N) is 3. The van der Waals surface area contributed by atoms with Gasteiger partial charge in [0.15, 0.2) is 11.5 Å². The van der Waals surface area contributed by atoms with Gasteiger partial charge in [-0.3, -0.25) is 0 Å². The van der Waals surface area contributed by atoms with E-state index >= 15 is 0 Å². The Morgan fingerprint density at radius 3 is 2.65 bits per heavy atom. The number of para-hydroxylation sites is 1. The van der Waals surface area contributed by atoms with Crippen molar-refractivity contribution in [2.24, 2.45) is 0 Å². The molecule has 0 bridgehead atoms. The van der Waals surface area contributed by atoms with E-state index in [0.717, 1.165) is 16.9 Å². The van der Waals surface area contributed by atoms with Crippen molar-refractivity contribution in [3.8, 4) is 11.4 Å². The molecule has 17 heavy (non-hydrogen) atoms. The highest BCUT2D eigenvalue weighted by molar-refractivity contribution is 5.72. The van der Waals surface area contributed by atoms with Gasteiger partial charge in [0.05, 0.1) is 0 Å². The number of nitrogen functional groups attached to an aromatic ring is 1. The quantitative estimate of drug-likeness (QED) is 0.645. The minimum Gasteiger partial charge on any atom is -0.398 e. The second-order valence-corrected chi connectivity index (χ2v) is 3.96. The zero-order valence-electron chi connectivity index (χ0n) is 9.46. The molecule has 0 aliphatic rings. The van der Waals surface area contributed by atoms with Crippen LogP contribution in [0.15, 0.2) is 42.5 Å². The van der Waals surface area contributed by atoms with Crippen LogP contribution < -0.4 is 5.73 Å². The Labute approximate surface area is 98.7 Å². The Kier molecular flexibility index (Phi) is 2.08. The molecular formula is C13H12N4. The van der Waals surface area contributed by atoms with Gasteiger partial charge in [0.25, 0.3) is 0 Å². The van der Waals surface area contributed by atoms with Crippen molar-refractivity contribution in [3.63, 3.8) is 0 Å². The fourth-order valence-corrected chi connectivity index (χ4v) is 1.85. The number of rotatable bonds is 1. The van der Waals surface area contributed by atoms with Gasteiger partial charge in [-0.05, 0) is 31.2 Å². The molecule has 4 heteroatoms. The lowest BCUT2D eigenvalue weighted by Gasteiger charge is -1.98. The highest BCUT2D eigenvalue weighted by atomic mass is 15.3. The van der Waals surface area contributed by atoms with E-state index in [1.165, 1.54) is 0 Å². The fraction of sp³-hybridized carbons (Fsp3) is 0.0769. The average molecular weight is 224 g/mol. The standard InChI is InChI=1S/C13H12N4/c1-9-5-4-8-12-15-13(16-17(9)12)10-6-2-3-7-11(10)14/h2-8H,14H2,1H3. The summed E-state index contributed by atoms with van der Waals surface area (Å²) in [5, 5.41) is 4.47. The molecule has 0 saturated carbocycles. The number of nitrogens with two attached hydrogens (primary N) is 1. The van der Waals surface area contributed by atoms with Crippen LogP contribution >= 0.6 is 0 Å². The van der Waals surface area contributed by atoms with Gasteiger partial charge in [-0.25, -0.2) is 9.50 Å². The van der Waals surface area contributed by atoms with Gasteiger partial charge in [-0.2, -0.15) is 0 Å². The molecule has 0 radical (unpaired) electrons. The number of aromatic nitrogens is 3. The molecular weight excluding hydrogens is 212 g/mol. The number of hydrogen-bond donors (Lipinski definition) is 1. The summed E-state index contributed by atoms with van der Waals surface area (Å²) in [6.07, 6.45) is 0. The molecule has 0 atom stereocenters. The van der Waals surface area contributed by atoms with Gasteiger partial charge >= 0.3 is 0 Å². The Bertz CT molecular complexity index is 685. The third-order valence-electron chi connectivity index (χ3n) is 2.75. The van der Waals surface area contributed by atoms with Crippen molar-refractivity contribution in [2.75, 3.05) is 5.73 Å². The Morgan fingerprint density at radius 1 is 1.06 bits per heavy atom. The molecule has 4 nitrogen and oxygen atoms in total. The van der Waals surface area contributed by atoms with Crippen molar-refractivity contribution in [3.05, 3.63) is 48.2 Å². The third-order valence-corrected chi connectivity index (χ3v) is 2.75. The van der Waals surface area contributed by atoms with E-state index in [0.29, 0.717) is 11.5 Å². The maximum atomic E-state index is 5.92. The second kappa shape index (κ2) is 3.59. The number of pyridine rings is 1. The summed E-state index contributed by atoms with van der Waals surface area (Å²) in [7, 11) is 0. The molecule has 2 heterocycles. The van der Waals surface area contributed by atoms with Crippen molar-refractivity contribution < 1.29 is 0 Å². The zero-order chi connectivity index (χ0) is 11.8. The maximum absolute atomic E-state index is 5.92. The first-order chi connectivity index (χ1) is 8.25. The van der Waals surface area contributed by atoms with E-state index in [9.17, 15) is 0 Å². The largest absolute Gasteiger partial charge is 0.398 e. The van der Waals surface area contributed by atoms with Crippen LogP contribution in [0.25, 0.3) is 17.0 Å². The number of fused-ring (bicyclic) bond motifs is 1. The molecule has 2 aromatic heterocycles. The van der Waals surface area contributed by atoms with Gasteiger partial charge in [-0.1, -0.05) is 18.2 Å². The zero-order valence-corrected chi connectivity index (χ0v) is 9.46. The lowest BCUT2D eigenvalue weighted by molar-refractivity contribution is 0.919. The van der Waals surface area contributed by atoms with E-state index < -0.39 is 0 Å². The Hall–Kier alpha value is -2.36. The van der Waals surface area contributed by atoms with E-state index in [2.05, 4.69) is 10.1 Å². The highest BCUT2D eigenvalue weighted by Gasteiger charge is 2.09. The third kappa shape index (κ3) is 1.54. The molecule has 0 amide bonds. The molecule has 0 aliphatic carbocycles. The van der Waals surface area contributed by atoms with Crippen LogP contribution in [-0.4, -0.2) is 14.6 Å². The summed E-state index contributed by atoms with van der Waals surface area (Å²) in [5.74, 6) is 0.664. The van der Waals surface area contributed by atoms with Gasteiger partial charge in [0.1, 0.15) is 0 Å². The normalized spacial score (nSPS) is 10.9. The minimum absolute atomic E-state index is 0.664. The van der Waals surface area contributed by atoms with Gasteiger partial charge < -0.3 is 5.73 Å². The smallest absolute Gasteiger partial charge is 0.184 e. The van der Waals surface area contributed by atoms with Crippen LogP contribution in [-0.2, 0) is 0 Å². The van der Waals surface area contributed by atoms with Gasteiger partial charge in [0, 0.05) is 16.9 Å². The van der Waals surface area contributed by atoms with Gasteiger partial charge in [0.2, 0.25) is 0 Å². The predicted octanol–water partition coefficient (Wildman–Crippen LogP) is 2.29. The first kappa shape index (κ1) is 9.84. The van der Waals surface area contributed by atoms with Crippen LogP contribution in [0.1, 0.15) is 5.69 Å². The lowest BCUT2D eigenvalue weighted by Crippen LogP contribution is -1.93.